The van der Waals surface area contributed by atoms with Crippen LogP contribution < -0.4 is 15.5 Å². The van der Waals surface area contributed by atoms with Gasteiger partial charge in [0.2, 0.25) is 5.91 Å². The number of carbonyl (C=O) groups is 1. The SMILES string of the molecule is O=C1CNc2cc(Br)ccc2N1CC1CCNCC1. The maximum atomic E-state index is 12.2. The number of benzene rings is 1. The van der Waals surface area contributed by atoms with E-state index in [1.54, 1.807) is 0 Å². The highest BCUT2D eigenvalue weighted by atomic mass is 79.9. The summed E-state index contributed by atoms with van der Waals surface area (Å²) in [7, 11) is 0. The Morgan fingerprint density at radius 3 is 2.89 bits per heavy atom. The molecule has 1 amide bonds. The molecular weight excluding hydrogens is 306 g/mol. The van der Waals surface area contributed by atoms with E-state index in [2.05, 4.69) is 26.6 Å². The second-order valence-corrected chi connectivity index (χ2v) is 6.13. The molecule has 5 heteroatoms. The Balaban J connectivity index is 1.82. The molecule has 0 radical (unpaired) electrons. The number of piperidine rings is 1. The summed E-state index contributed by atoms with van der Waals surface area (Å²) < 4.78 is 1.04. The fourth-order valence-electron chi connectivity index (χ4n) is 2.81. The van der Waals surface area contributed by atoms with Gasteiger partial charge in [-0.1, -0.05) is 15.9 Å². The van der Waals surface area contributed by atoms with Crippen molar-refractivity contribution in [2.24, 2.45) is 5.92 Å². The van der Waals surface area contributed by atoms with Gasteiger partial charge >= 0.3 is 0 Å². The molecule has 19 heavy (non-hydrogen) atoms. The fraction of sp³-hybridized carbons (Fsp3) is 0.500. The van der Waals surface area contributed by atoms with Gasteiger partial charge in [0.05, 0.1) is 17.9 Å². The molecule has 1 fully saturated rings. The van der Waals surface area contributed by atoms with Crippen LogP contribution >= 0.6 is 15.9 Å². The van der Waals surface area contributed by atoms with E-state index in [1.165, 1.54) is 0 Å². The van der Waals surface area contributed by atoms with Gasteiger partial charge in [-0.15, -0.1) is 0 Å². The Morgan fingerprint density at radius 2 is 2.11 bits per heavy atom. The normalized spacial score (nSPS) is 20.1. The Morgan fingerprint density at radius 1 is 1.32 bits per heavy atom. The van der Waals surface area contributed by atoms with Crippen LogP contribution in [0.5, 0.6) is 0 Å². The molecule has 3 rings (SSSR count). The number of nitrogens with zero attached hydrogens (tertiary/aromatic N) is 1. The largest absolute Gasteiger partial charge is 0.374 e. The molecule has 0 bridgehead atoms. The minimum absolute atomic E-state index is 0.174. The molecular formula is C14H18BrN3O. The van der Waals surface area contributed by atoms with E-state index in [-0.39, 0.29) is 5.91 Å². The van der Waals surface area contributed by atoms with Gasteiger partial charge in [-0.05, 0) is 50.0 Å². The first-order valence-electron chi connectivity index (χ1n) is 6.78. The molecule has 1 aromatic carbocycles. The van der Waals surface area contributed by atoms with Crippen molar-refractivity contribution in [3.8, 4) is 0 Å². The molecule has 1 aromatic rings. The summed E-state index contributed by atoms with van der Waals surface area (Å²) in [5.74, 6) is 0.785. The van der Waals surface area contributed by atoms with E-state index >= 15 is 0 Å². The van der Waals surface area contributed by atoms with E-state index in [4.69, 9.17) is 0 Å². The van der Waals surface area contributed by atoms with Crippen LogP contribution in [0.4, 0.5) is 11.4 Å². The smallest absolute Gasteiger partial charge is 0.246 e. The van der Waals surface area contributed by atoms with Crippen LogP contribution in [0.1, 0.15) is 12.8 Å². The Hall–Kier alpha value is -1.07. The van der Waals surface area contributed by atoms with Gasteiger partial charge in [-0.2, -0.15) is 0 Å². The van der Waals surface area contributed by atoms with Gasteiger partial charge in [0.25, 0.3) is 0 Å². The first-order valence-corrected chi connectivity index (χ1v) is 7.58. The molecule has 0 aliphatic carbocycles. The van der Waals surface area contributed by atoms with E-state index in [1.807, 2.05) is 23.1 Å². The van der Waals surface area contributed by atoms with Crippen LogP contribution in [0.3, 0.4) is 0 Å². The molecule has 0 aromatic heterocycles. The summed E-state index contributed by atoms with van der Waals surface area (Å²) in [6.07, 6.45) is 2.31. The topological polar surface area (TPSA) is 44.4 Å². The van der Waals surface area contributed by atoms with Gasteiger partial charge in [-0.25, -0.2) is 0 Å². The van der Waals surface area contributed by atoms with Gasteiger partial charge < -0.3 is 15.5 Å². The Kier molecular flexibility index (Phi) is 3.75. The van der Waals surface area contributed by atoms with Gasteiger partial charge in [0, 0.05) is 11.0 Å². The quantitative estimate of drug-likeness (QED) is 0.877. The maximum absolute atomic E-state index is 12.2. The lowest BCUT2D eigenvalue weighted by molar-refractivity contribution is -0.117. The number of hydrogen-bond donors (Lipinski definition) is 2. The molecule has 0 unspecified atom stereocenters. The summed E-state index contributed by atoms with van der Waals surface area (Å²) in [5.41, 5.74) is 2.06. The van der Waals surface area contributed by atoms with Gasteiger partial charge in [-0.3, -0.25) is 4.79 Å². The molecule has 1 saturated heterocycles. The Bertz CT molecular complexity index is 486. The summed E-state index contributed by atoms with van der Waals surface area (Å²) >= 11 is 3.47. The van der Waals surface area contributed by atoms with Gasteiger partial charge in [0.15, 0.2) is 0 Å². The van der Waals surface area contributed by atoms with E-state index < -0.39 is 0 Å². The van der Waals surface area contributed by atoms with Crippen LogP contribution in [-0.2, 0) is 4.79 Å². The Labute approximate surface area is 121 Å². The number of carbonyl (C=O) groups excluding carboxylic acids is 1. The minimum atomic E-state index is 0.174. The predicted octanol–water partition coefficient (Wildman–Crippen LogP) is 2.21. The highest BCUT2D eigenvalue weighted by Gasteiger charge is 2.27. The molecule has 2 aliphatic rings. The summed E-state index contributed by atoms with van der Waals surface area (Å²) in [5, 5.41) is 6.55. The van der Waals surface area contributed by atoms with Crippen molar-refractivity contribution < 1.29 is 4.79 Å². The number of halogens is 1. The summed E-state index contributed by atoms with van der Waals surface area (Å²) in [6, 6.07) is 6.05. The van der Waals surface area contributed by atoms with Crippen molar-refractivity contribution in [3.05, 3.63) is 22.7 Å². The average molecular weight is 324 g/mol. The molecule has 0 spiro atoms. The second kappa shape index (κ2) is 5.51. The first-order chi connectivity index (χ1) is 9.24. The molecule has 2 heterocycles. The molecule has 2 aliphatic heterocycles. The molecule has 2 N–H and O–H groups in total. The molecule has 102 valence electrons. The number of amides is 1. The van der Waals surface area contributed by atoms with Crippen molar-refractivity contribution in [2.45, 2.75) is 12.8 Å². The van der Waals surface area contributed by atoms with Crippen molar-refractivity contribution in [2.75, 3.05) is 36.4 Å². The summed E-state index contributed by atoms with van der Waals surface area (Å²) in [6.45, 7) is 3.38. The van der Waals surface area contributed by atoms with Crippen molar-refractivity contribution in [1.82, 2.24) is 5.32 Å². The van der Waals surface area contributed by atoms with Crippen LogP contribution in [0.15, 0.2) is 22.7 Å². The van der Waals surface area contributed by atoms with E-state index in [0.717, 1.165) is 48.3 Å². The zero-order chi connectivity index (χ0) is 13.2. The van der Waals surface area contributed by atoms with E-state index in [9.17, 15) is 4.79 Å². The zero-order valence-electron chi connectivity index (χ0n) is 10.8. The number of hydrogen-bond acceptors (Lipinski definition) is 3. The highest BCUT2D eigenvalue weighted by molar-refractivity contribution is 9.10. The lowest BCUT2D eigenvalue weighted by Crippen LogP contribution is -2.44. The fourth-order valence-corrected chi connectivity index (χ4v) is 3.17. The lowest BCUT2D eigenvalue weighted by atomic mass is 9.97. The highest BCUT2D eigenvalue weighted by Crippen LogP contribution is 2.33. The molecule has 0 atom stereocenters. The van der Waals surface area contributed by atoms with Gasteiger partial charge in [0.1, 0.15) is 0 Å². The number of anilines is 2. The zero-order valence-corrected chi connectivity index (χ0v) is 12.4. The van der Waals surface area contributed by atoms with Crippen molar-refractivity contribution >= 4 is 33.2 Å². The lowest BCUT2D eigenvalue weighted by Gasteiger charge is -2.34. The third-order valence-corrected chi connectivity index (χ3v) is 4.37. The van der Waals surface area contributed by atoms with E-state index in [0.29, 0.717) is 12.5 Å². The number of nitrogens with one attached hydrogen (secondary N) is 2. The number of rotatable bonds is 2. The first kappa shape index (κ1) is 12.9. The molecule has 4 nitrogen and oxygen atoms in total. The van der Waals surface area contributed by atoms with Crippen LogP contribution in [0.2, 0.25) is 0 Å². The maximum Gasteiger partial charge on any atom is 0.246 e. The van der Waals surface area contributed by atoms with Crippen LogP contribution in [0.25, 0.3) is 0 Å². The minimum Gasteiger partial charge on any atom is -0.374 e. The average Bonchev–Trinajstić information content (AvgIpc) is 2.43. The van der Waals surface area contributed by atoms with Crippen molar-refractivity contribution in [1.29, 1.82) is 0 Å². The van der Waals surface area contributed by atoms with Crippen molar-refractivity contribution in [3.63, 3.8) is 0 Å². The predicted molar refractivity (Wildman–Crippen MR) is 80.6 cm³/mol. The van der Waals surface area contributed by atoms with Crippen LogP contribution in [0, 0.1) is 5.92 Å². The van der Waals surface area contributed by atoms with Crippen LogP contribution in [-0.4, -0.2) is 32.1 Å². The third-order valence-electron chi connectivity index (χ3n) is 3.88. The standard InChI is InChI=1S/C14H18BrN3O/c15-11-1-2-13-12(7-11)17-8-14(19)18(13)9-10-3-5-16-6-4-10/h1-2,7,10,16-17H,3-6,8-9H2. The monoisotopic (exact) mass is 323 g/mol. The molecule has 0 saturated carbocycles. The second-order valence-electron chi connectivity index (χ2n) is 5.21. The number of fused-ring (bicyclic) bond motifs is 1. The third kappa shape index (κ3) is 2.77. The summed E-state index contributed by atoms with van der Waals surface area (Å²) in [4.78, 5) is 14.1.